The monoisotopic (exact) mass is 1110 g/mol. The van der Waals surface area contributed by atoms with Gasteiger partial charge in [-0.15, -0.1) is 15.3 Å². The number of rotatable bonds is 15. The van der Waals surface area contributed by atoms with Crippen LogP contribution in [0, 0.1) is 13.8 Å². The van der Waals surface area contributed by atoms with Crippen molar-refractivity contribution < 1.29 is 66.9 Å². The van der Waals surface area contributed by atoms with Crippen LogP contribution in [0.3, 0.4) is 0 Å². The Hall–Kier alpha value is -8.61. The van der Waals surface area contributed by atoms with E-state index in [0.29, 0.717) is 16.9 Å². The Kier molecular flexibility index (Phi) is 14.8. The van der Waals surface area contributed by atoms with Gasteiger partial charge in [0.15, 0.2) is 11.5 Å². The number of carbonyl (C=O) groups excluding carboxylic acids is 1. The third kappa shape index (κ3) is 12.5. The summed E-state index contributed by atoms with van der Waals surface area (Å²) in [5.74, 6) is -2.13. The molecular formula is C48H37N9O15S4. The molecule has 0 bridgehead atoms. The number of hydrogen-bond donors (Lipinski definition) is 7. The first-order chi connectivity index (χ1) is 35.7. The Labute approximate surface area is 431 Å². The van der Waals surface area contributed by atoms with Gasteiger partial charge in [-0.25, -0.2) is 0 Å². The van der Waals surface area contributed by atoms with Crippen LogP contribution < -0.4 is 5.32 Å². The maximum absolute atomic E-state index is 13.5. The second-order valence-electron chi connectivity index (χ2n) is 16.5. The molecule has 0 radical (unpaired) electrons. The van der Waals surface area contributed by atoms with Crippen molar-refractivity contribution in [1.29, 1.82) is 0 Å². The molecule has 388 valence electrons. The number of nitrogens with zero attached hydrogens (tertiary/aromatic N) is 8. The lowest BCUT2D eigenvalue weighted by Gasteiger charge is -2.12. The highest BCUT2D eigenvalue weighted by Gasteiger charge is 2.24. The molecule has 28 heteroatoms. The lowest BCUT2D eigenvalue weighted by Crippen LogP contribution is -2.14. The van der Waals surface area contributed by atoms with E-state index in [4.69, 9.17) is 0 Å². The van der Waals surface area contributed by atoms with Crippen LogP contribution in [0.25, 0.3) is 21.5 Å². The molecule has 7 N–H and O–H groups in total. The molecule has 76 heavy (non-hydrogen) atoms. The van der Waals surface area contributed by atoms with Crippen LogP contribution in [0.5, 0.6) is 11.5 Å². The molecule has 0 aliphatic carbocycles. The number of phenols is 2. The van der Waals surface area contributed by atoms with E-state index in [1.807, 2.05) is 6.92 Å². The highest BCUT2D eigenvalue weighted by Crippen LogP contribution is 2.44. The Bertz CT molecular complexity index is 4290. The van der Waals surface area contributed by atoms with Gasteiger partial charge in [0.25, 0.3) is 40.5 Å². The summed E-state index contributed by atoms with van der Waals surface area (Å²) in [5, 5.41) is 56.9. The van der Waals surface area contributed by atoms with E-state index in [9.17, 15) is 66.9 Å². The highest BCUT2D eigenvalue weighted by molar-refractivity contribution is 7.86. The summed E-state index contributed by atoms with van der Waals surface area (Å²) in [6.07, 6.45) is -0.387. The van der Waals surface area contributed by atoms with Crippen LogP contribution in [0.4, 0.5) is 51.2 Å². The molecule has 0 spiro atoms. The van der Waals surface area contributed by atoms with Crippen LogP contribution >= 0.6 is 0 Å². The Morgan fingerprint density at radius 3 is 1.61 bits per heavy atom. The summed E-state index contributed by atoms with van der Waals surface area (Å²) in [5.41, 5.74) is 1.25. The Morgan fingerprint density at radius 2 is 1.00 bits per heavy atom. The van der Waals surface area contributed by atoms with Gasteiger partial charge >= 0.3 is 0 Å². The molecule has 24 nitrogen and oxygen atoms in total. The molecule has 1 amide bonds. The van der Waals surface area contributed by atoms with E-state index in [1.165, 1.54) is 60.7 Å². The van der Waals surface area contributed by atoms with Crippen molar-refractivity contribution in [3.8, 4) is 11.5 Å². The molecule has 0 heterocycles. The van der Waals surface area contributed by atoms with Crippen LogP contribution in [0.15, 0.2) is 194 Å². The number of hydrogen-bond acceptors (Lipinski definition) is 19. The number of carbonyl (C=O) groups is 1. The zero-order valence-corrected chi connectivity index (χ0v) is 42.2. The smallest absolute Gasteiger partial charge is 0.296 e. The van der Waals surface area contributed by atoms with Crippen molar-refractivity contribution in [3.63, 3.8) is 0 Å². The number of amides is 1. The third-order valence-electron chi connectivity index (χ3n) is 11.0. The molecule has 0 aliphatic heterocycles. The predicted molar refractivity (Wildman–Crippen MR) is 275 cm³/mol. The van der Waals surface area contributed by atoms with E-state index >= 15 is 0 Å². The summed E-state index contributed by atoms with van der Waals surface area (Å²) in [6, 6.07) is 29.3. The molecule has 8 rings (SSSR count). The fourth-order valence-electron chi connectivity index (χ4n) is 7.32. The summed E-state index contributed by atoms with van der Waals surface area (Å²) in [7, 11) is -19.4. The van der Waals surface area contributed by atoms with Gasteiger partial charge in [-0.05, 0) is 133 Å². The van der Waals surface area contributed by atoms with Gasteiger partial charge in [-0.2, -0.15) is 59.2 Å². The number of benzene rings is 8. The van der Waals surface area contributed by atoms with Gasteiger partial charge in [0, 0.05) is 21.8 Å². The first-order valence-corrected chi connectivity index (χ1v) is 27.3. The largest absolute Gasteiger partial charge is 0.505 e. The average molecular weight is 1110 g/mol. The minimum Gasteiger partial charge on any atom is -0.505 e. The number of phenolic OH excluding ortho intramolecular Hbond substituents is 2. The Morgan fingerprint density at radius 1 is 0.447 bits per heavy atom. The minimum absolute atomic E-state index is 0.00121. The molecule has 0 saturated heterocycles. The molecule has 0 fully saturated rings. The fourth-order valence-corrected chi connectivity index (χ4v) is 9.82. The topological polar surface area (TPSA) is 386 Å². The second kappa shape index (κ2) is 21.0. The molecule has 0 atom stereocenters. The van der Waals surface area contributed by atoms with Crippen molar-refractivity contribution in [3.05, 3.63) is 150 Å². The predicted octanol–water partition coefficient (Wildman–Crippen LogP) is 11.9. The lowest BCUT2D eigenvalue weighted by atomic mass is 10.0. The standard InChI is InChI=1S/C48H37N9O15S4/c1-26-3-7-30(8-4-26)50-53-34-13-18-40(43(24-34)75(67,68)69)55-56-41-25-42(74(64,65)66)36-16-11-32(23-38(36)47(41)59)49-45(58)21-28-5-6-29-22-44(76(70,71)72)46(48(60)37(29)20-28)57-54-39-17-12-33(19-27(39)2)52-51-31-9-14-35(15-10-31)73(61,62)63/h3-20,22-25,59-60H,21H2,1-2H3,(H,49,58)(H,61,62,63)(H,64,65,66)(H,67,68,69)(H,70,71,72). The van der Waals surface area contributed by atoms with Crippen LogP contribution in [0.1, 0.15) is 16.7 Å². The number of nitrogens with one attached hydrogen (secondary N) is 1. The first kappa shape index (κ1) is 53.7. The minimum atomic E-state index is -5.03. The van der Waals surface area contributed by atoms with Crippen LogP contribution in [0.2, 0.25) is 0 Å². The third-order valence-corrected chi connectivity index (χ3v) is 14.5. The quantitative estimate of drug-likeness (QED) is 0.0370. The van der Waals surface area contributed by atoms with E-state index in [2.05, 4.69) is 46.2 Å². The zero-order chi connectivity index (χ0) is 54.9. The molecule has 8 aromatic rings. The van der Waals surface area contributed by atoms with Gasteiger partial charge in [-0.3, -0.25) is 23.0 Å². The normalized spacial score (nSPS) is 12.8. The molecule has 0 aromatic heterocycles. The number of anilines is 1. The Balaban J connectivity index is 1.04. The maximum Gasteiger partial charge on any atom is 0.296 e. The summed E-state index contributed by atoms with van der Waals surface area (Å²) >= 11 is 0. The van der Waals surface area contributed by atoms with Gasteiger partial charge in [-0.1, -0.05) is 35.9 Å². The van der Waals surface area contributed by atoms with E-state index in [0.717, 1.165) is 48.0 Å². The van der Waals surface area contributed by atoms with E-state index < -0.39 is 89.6 Å². The SMILES string of the molecule is Cc1ccc(N=Nc2ccc(N=Nc3cc(S(=O)(=O)O)c4ccc(NC(=O)Cc5ccc6cc(S(=O)(=O)O)c(N=Nc7ccc(N=Nc8ccc(S(=O)(=O)O)cc8)cc7C)c(O)c6c5)cc4c3O)c(S(=O)(=O)O)c2)cc1. The molecule has 0 unspecified atom stereocenters. The summed E-state index contributed by atoms with van der Waals surface area (Å²) in [6.45, 7) is 3.49. The molecular weight excluding hydrogens is 1070 g/mol. The van der Waals surface area contributed by atoms with Crippen molar-refractivity contribution >= 4 is 119 Å². The molecule has 8 aromatic carbocycles. The second-order valence-corrected chi connectivity index (χ2v) is 22.1. The molecule has 0 saturated carbocycles. The van der Waals surface area contributed by atoms with Gasteiger partial charge in [0.2, 0.25) is 5.91 Å². The van der Waals surface area contributed by atoms with Crippen molar-refractivity contribution in [1.82, 2.24) is 0 Å². The lowest BCUT2D eigenvalue weighted by molar-refractivity contribution is -0.115. The summed E-state index contributed by atoms with van der Waals surface area (Å²) < 4.78 is 137. The highest BCUT2D eigenvalue weighted by atomic mass is 32.2. The van der Waals surface area contributed by atoms with Gasteiger partial charge < -0.3 is 15.5 Å². The number of aryl methyl sites for hydroxylation is 2. The fraction of sp³-hybridized carbons (Fsp3) is 0.0625. The first-order valence-electron chi connectivity index (χ1n) is 21.6. The average Bonchev–Trinajstić information content (AvgIpc) is 3.36. The summed E-state index contributed by atoms with van der Waals surface area (Å²) in [4.78, 5) is 10.9. The van der Waals surface area contributed by atoms with Crippen LogP contribution in [-0.4, -0.2) is 68.0 Å². The number of aromatic hydroxyl groups is 2. The number of fused-ring (bicyclic) bond motifs is 2. The van der Waals surface area contributed by atoms with Crippen molar-refractivity contribution in [2.45, 2.75) is 39.9 Å². The zero-order valence-electron chi connectivity index (χ0n) is 39.0. The van der Waals surface area contributed by atoms with E-state index in [1.54, 1.807) is 37.3 Å². The maximum atomic E-state index is 13.5. The van der Waals surface area contributed by atoms with Gasteiger partial charge in [0.1, 0.15) is 31.7 Å². The number of azo groups is 4. The molecule has 0 aliphatic rings. The van der Waals surface area contributed by atoms with Gasteiger partial charge in [0.05, 0.1) is 39.8 Å². The van der Waals surface area contributed by atoms with Crippen molar-refractivity contribution in [2.24, 2.45) is 40.9 Å². The van der Waals surface area contributed by atoms with E-state index in [-0.39, 0.29) is 61.2 Å². The van der Waals surface area contributed by atoms with Crippen molar-refractivity contribution in [2.75, 3.05) is 5.32 Å². The van der Waals surface area contributed by atoms with Crippen LogP contribution in [-0.2, 0) is 51.7 Å².